The van der Waals surface area contributed by atoms with E-state index in [0.29, 0.717) is 5.56 Å². The Labute approximate surface area is 141 Å². The van der Waals surface area contributed by atoms with E-state index in [4.69, 9.17) is 0 Å². The number of carbonyl (C=O) groups is 1. The fourth-order valence-electron chi connectivity index (χ4n) is 2.57. The zero-order valence-electron chi connectivity index (χ0n) is 14.1. The van der Waals surface area contributed by atoms with Gasteiger partial charge in [0.15, 0.2) is 6.04 Å². The second kappa shape index (κ2) is 8.02. The van der Waals surface area contributed by atoms with Crippen LogP contribution in [0.1, 0.15) is 37.9 Å². The molecular formula is C19H23F2N2O+. The molecule has 0 saturated heterocycles. The Bertz CT molecular complexity index is 701. The van der Waals surface area contributed by atoms with E-state index in [1.807, 2.05) is 24.3 Å². The lowest BCUT2D eigenvalue weighted by atomic mass is 10.1. The Kier molecular flexibility index (Phi) is 6.04. The van der Waals surface area contributed by atoms with Crippen LogP contribution in [0.3, 0.4) is 0 Å². The largest absolute Gasteiger partial charge is 0.330 e. The summed E-state index contributed by atoms with van der Waals surface area (Å²) < 4.78 is 26.8. The normalized spacial score (nSPS) is 13.4. The highest BCUT2D eigenvalue weighted by molar-refractivity contribution is 5.93. The number of nitrogens with two attached hydrogens (primary N) is 1. The van der Waals surface area contributed by atoms with Gasteiger partial charge in [-0.2, -0.15) is 0 Å². The molecule has 0 aromatic heterocycles. The summed E-state index contributed by atoms with van der Waals surface area (Å²) in [5, 5.41) is 4.61. The third kappa shape index (κ3) is 4.61. The van der Waals surface area contributed by atoms with Crippen molar-refractivity contribution >= 4 is 11.6 Å². The molecule has 0 radical (unpaired) electrons. The minimum atomic E-state index is -0.607. The van der Waals surface area contributed by atoms with Gasteiger partial charge in [-0.1, -0.05) is 19.1 Å². The highest BCUT2D eigenvalue weighted by Crippen LogP contribution is 2.15. The van der Waals surface area contributed by atoms with E-state index >= 15 is 0 Å². The molecule has 3 N–H and O–H groups in total. The first-order valence-corrected chi connectivity index (χ1v) is 8.10. The minimum Gasteiger partial charge on any atom is -0.330 e. The molecule has 0 bridgehead atoms. The van der Waals surface area contributed by atoms with Crippen molar-refractivity contribution in [3.05, 3.63) is 65.2 Å². The topological polar surface area (TPSA) is 45.7 Å². The Hall–Kier alpha value is -2.27. The number of halogens is 2. The number of hydrogen-bond acceptors (Lipinski definition) is 1. The molecule has 0 aliphatic heterocycles. The van der Waals surface area contributed by atoms with Gasteiger partial charge < -0.3 is 10.6 Å². The second-order valence-electron chi connectivity index (χ2n) is 5.98. The molecule has 24 heavy (non-hydrogen) atoms. The predicted octanol–water partition coefficient (Wildman–Crippen LogP) is 3.18. The van der Waals surface area contributed by atoms with Crippen LogP contribution in [0.5, 0.6) is 0 Å². The van der Waals surface area contributed by atoms with Gasteiger partial charge >= 0.3 is 0 Å². The number of carbonyl (C=O) groups excluding carboxylic acids is 1. The summed E-state index contributed by atoms with van der Waals surface area (Å²) in [6.07, 6.45) is 0.944. The first-order valence-electron chi connectivity index (χ1n) is 8.10. The maximum absolute atomic E-state index is 13.8. The summed E-state index contributed by atoms with van der Waals surface area (Å²) in [5.41, 5.74) is 2.31. The van der Waals surface area contributed by atoms with Crippen LogP contribution in [-0.4, -0.2) is 11.9 Å². The molecular weight excluding hydrogens is 310 g/mol. The van der Waals surface area contributed by atoms with Crippen molar-refractivity contribution in [1.82, 2.24) is 0 Å². The molecule has 0 unspecified atom stereocenters. The van der Waals surface area contributed by atoms with E-state index < -0.39 is 17.7 Å². The summed E-state index contributed by atoms with van der Waals surface area (Å²) >= 11 is 0. The van der Waals surface area contributed by atoms with Crippen molar-refractivity contribution in [3.8, 4) is 0 Å². The molecule has 128 valence electrons. The van der Waals surface area contributed by atoms with Gasteiger partial charge in [0, 0.05) is 17.3 Å². The van der Waals surface area contributed by atoms with Crippen molar-refractivity contribution in [2.45, 2.75) is 39.3 Å². The van der Waals surface area contributed by atoms with Crippen molar-refractivity contribution in [2.24, 2.45) is 0 Å². The van der Waals surface area contributed by atoms with Gasteiger partial charge in [0.05, 0.1) is 0 Å². The Morgan fingerprint density at radius 1 is 1.12 bits per heavy atom. The summed E-state index contributed by atoms with van der Waals surface area (Å²) in [5.74, 6) is -1.36. The van der Waals surface area contributed by atoms with E-state index in [9.17, 15) is 13.6 Å². The molecule has 1 amide bonds. The third-order valence-corrected chi connectivity index (χ3v) is 4.07. The number of amides is 1. The SMILES string of the molecule is CCc1ccc(NC(=O)[C@@H](C)[NH2+][C@@H](C)c2ccc(F)cc2F)cc1. The van der Waals surface area contributed by atoms with Crippen LogP contribution in [0, 0.1) is 11.6 Å². The number of rotatable bonds is 6. The number of hydrogen-bond donors (Lipinski definition) is 2. The van der Waals surface area contributed by atoms with Gasteiger partial charge in [0.1, 0.15) is 17.7 Å². The molecule has 0 heterocycles. The van der Waals surface area contributed by atoms with Gasteiger partial charge in [-0.3, -0.25) is 4.79 Å². The Morgan fingerprint density at radius 3 is 2.38 bits per heavy atom. The van der Waals surface area contributed by atoms with Crippen molar-refractivity contribution in [2.75, 3.05) is 5.32 Å². The van der Waals surface area contributed by atoms with Crippen molar-refractivity contribution in [1.29, 1.82) is 0 Å². The van der Waals surface area contributed by atoms with Crippen molar-refractivity contribution in [3.63, 3.8) is 0 Å². The maximum atomic E-state index is 13.8. The standard InChI is InChI=1S/C19H22F2N2O/c1-4-14-5-8-16(9-6-14)23-19(24)13(3)22-12(2)17-10-7-15(20)11-18(17)21/h5-13,22H,4H2,1-3H3,(H,23,24)/p+1/t12-,13+/m0/s1. The van der Waals surface area contributed by atoms with Crippen LogP contribution in [0.15, 0.2) is 42.5 Å². The monoisotopic (exact) mass is 333 g/mol. The minimum absolute atomic E-state index is 0.159. The third-order valence-electron chi connectivity index (χ3n) is 4.07. The average Bonchev–Trinajstić information content (AvgIpc) is 2.55. The fraction of sp³-hybridized carbons (Fsp3) is 0.316. The quantitative estimate of drug-likeness (QED) is 0.838. The Morgan fingerprint density at radius 2 is 1.79 bits per heavy atom. The van der Waals surface area contributed by atoms with Gasteiger partial charge in [0.2, 0.25) is 0 Å². The van der Waals surface area contributed by atoms with Gasteiger partial charge in [-0.05, 0) is 50.1 Å². The molecule has 0 aliphatic carbocycles. The van der Waals surface area contributed by atoms with Crippen LogP contribution in [0.2, 0.25) is 0 Å². The molecule has 2 aromatic carbocycles. The summed E-state index contributed by atoms with van der Waals surface area (Å²) in [7, 11) is 0. The fourth-order valence-corrected chi connectivity index (χ4v) is 2.57. The predicted molar refractivity (Wildman–Crippen MR) is 90.6 cm³/mol. The summed E-state index contributed by atoms with van der Waals surface area (Å²) in [6.45, 7) is 5.62. The molecule has 0 aliphatic rings. The van der Waals surface area contributed by atoms with E-state index in [-0.39, 0.29) is 11.9 Å². The highest BCUT2D eigenvalue weighted by Gasteiger charge is 2.22. The van der Waals surface area contributed by atoms with E-state index in [0.717, 1.165) is 18.2 Å². The molecule has 5 heteroatoms. The second-order valence-corrected chi connectivity index (χ2v) is 5.98. The van der Waals surface area contributed by atoms with E-state index in [1.54, 1.807) is 19.2 Å². The number of benzene rings is 2. The molecule has 0 fully saturated rings. The van der Waals surface area contributed by atoms with E-state index in [1.165, 1.54) is 17.7 Å². The molecule has 3 nitrogen and oxygen atoms in total. The van der Waals surface area contributed by atoms with Crippen LogP contribution in [0.4, 0.5) is 14.5 Å². The lowest BCUT2D eigenvalue weighted by Gasteiger charge is -2.17. The zero-order valence-corrected chi connectivity index (χ0v) is 14.1. The van der Waals surface area contributed by atoms with Crippen LogP contribution in [-0.2, 0) is 11.2 Å². The first-order chi connectivity index (χ1) is 11.4. The smallest absolute Gasteiger partial charge is 0.282 e. The van der Waals surface area contributed by atoms with Crippen LogP contribution >= 0.6 is 0 Å². The number of anilines is 1. The lowest BCUT2D eigenvalue weighted by molar-refractivity contribution is -0.710. The molecule has 2 atom stereocenters. The molecule has 2 aromatic rings. The zero-order chi connectivity index (χ0) is 17.7. The summed E-state index contributed by atoms with van der Waals surface area (Å²) in [4.78, 5) is 12.3. The molecule has 0 saturated carbocycles. The van der Waals surface area contributed by atoms with Crippen LogP contribution < -0.4 is 10.6 Å². The van der Waals surface area contributed by atoms with Gasteiger partial charge in [-0.15, -0.1) is 0 Å². The first kappa shape index (κ1) is 18.1. The summed E-state index contributed by atoms with van der Waals surface area (Å²) in [6, 6.07) is 10.5. The highest BCUT2D eigenvalue weighted by atomic mass is 19.1. The molecule has 0 spiro atoms. The Balaban J connectivity index is 1.97. The number of nitrogens with one attached hydrogen (secondary N) is 1. The molecule has 2 rings (SSSR count). The van der Waals surface area contributed by atoms with Gasteiger partial charge in [-0.25, -0.2) is 8.78 Å². The number of quaternary nitrogens is 1. The number of aryl methyl sites for hydroxylation is 1. The van der Waals surface area contributed by atoms with Crippen molar-refractivity contribution < 1.29 is 18.9 Å². The maximum Gasteiger partial charge on any atom is 0.282 e. The average molecular weight is 333 g/mol. The van der Waals surface area contributed by atoms with Gasteiger partial charge in [0.25, 0.3) is 5.91 Å². The lowest BCUT2D eigenvalue weighted by Crippen LogP contribution is -2.91. The van der Waals surface area contributed by atoms with Crippen LogP contribution in [0.25, 0.3) is 0 Å². The van der Waals surface area contributed by atoms with E-state index in [2.05, 4.69) is 12.2 Å².